The molecule has 1 amide bonds. The van der Waals surface area contributed by atoms with E-state index in [1.807, 2.05) is 66.7 Å². The molecule has 200 valence electrons. The van der Waals surface area contributed by atoms with Gasteiger partial charge in [0, 0.05) is 30.2 Å². The number of rotatable bonds is 8. The highest BCUT2D eigenvalue weighted by atomic mass is 16.6. The molecule has 1 aromatic heterocycles. The van der Waals surface area contributed by atoms with E-state index in [1.54, 1.807) is 24.3 Å². The average Bonchev–Trinajstić information content (AvgIpc) is 2.97. The Hall–Kier alpha value is -5.37. The van der Waals surface area contributed by atoms with Crippen molar-refractivity contribution in [1.29, 1.82) is 0 Å². The van der Waals surface area contributed by atoms with Crippen LogP contribution in [-0.2, 0) is 22.6 Å². The van der Waals surface area contributed by atoms with Gasteiger partial charge in [0.2, 0.25) is 0 Å². The van der Waals surface area contributed by atoms with Crippen molar-refractivity contribution in [3.05, 3.63) is 131 Å². The van der Waals surface area contributed by atoms with Crippen LogP contribution in [0.15, 0.2) is 118 Å². The van der Waals surface area contributed by atoms with Gasteiger partial charge in [0.05, 0.1) is 0 Å². The largest absolute Gasteiger partial charge is 0.507 e. The lowest BCUT2D eigenvalue weighted by Crippen LogP contribution is -2.44. The van der Waals surface area contributed by atoms with Gasteiger partial charge in [-0.3, -0.25) is 4.79 Å². The highest BCUT2D eigenvalue weighted by Crippen LogP contribution is 2.31. The van der Waals surface area contributed by atoms with Crippen LogP contribution in [-0.4, -0.2) is 23.2 Å². The summed E-state index contributed by atoms with van der Waals surface area (Å²) < 4.78 is 16.7. The molecule has 0 aliphatic heterocycles. The molecule has 0 radical (unpaired) electrons. The number of hydrogen-bond donors (Lipinski definition) is 2. The van der Waals surface area contributed by atoms with Crippen LogP contribution in [0, 0.1) is 0 Å². The minimum Gasteiger partial charge on any atom is -0.507 e. The van der Waals surface area contributed by atoms with E-state index in [1.165, 1.54) is 12.1 Å². The van der Waals surface area contributed by atoms with E-state index >= 15 is 0 Å². The Balaban J connectivity index is 1.38. The summed E-state index contributed by atoms with van der Waals surface area (Å²) in [6.07, 6.45) is -0.658. The van der Waals surface area contributed by atoms with Crippen molar-refractivity contribution in [2.45, 2.75) is 19.1 Å². The smallest absolute Gasteiger partial charge is 0.408 e. The van der Waals surface area contributed by atoms with Gasteiger partial charge < -0.3 is 24.3 Å². The van der Waals surface area contributed by atoms with Crippen LogP contribution in [0.1, 0.15) is 11.1 Å². The number of fused-ring (bicyclic) bond motifs is 1. The van der Waals surface area contributed by atoms with Crippen LogP contribution in [0.5, 0.6) is 11.5 Å². The van der Waals surface area contributed by atoms with Gasteiger partial charge >= 0.3 is 12.1 Å². The van der Waals surface area contributed by atoms with Gasteiger partial charge in [0.1, 0.15) is 40.9 Å². The molecule has 0 saturated carbocycles. The molecule has 5 rings (SSSR count). The molecule has 0 unspecified atom stereocenters. The number of carbonyl (C=O) groups excluding carboxylic acids is 2. The van der Waals surface area contributed by atoms with E-state index in [-0.39, 0.29) is 29.7 Å². The summed E-state index contributed by atoms with van der Waals surface area (Å²) in [4.78, 5) is 38.6. The topological polar surface area (TPSA) is 115 Å². The summed E-state index contributed by atoms with van der Waals surface area (Å²) >= 11 is 0. The van der Waals surface area contributed by atoms with Crippen molar-refractivity contribution in [2.75, 3.05) is 0 Å². The minimum absolute atomic E-state index is 0.0289. The van der Waals surface area contributed by atoms with Crippen LogP contribution in [0.2, 0.25) is 0 Å². The maximum Gasteiger partial charge on any atom is 0.408 e. The lowest BCUT2D eigenvalue weighted by Gasteiger charge is -2.18. The van der Waals surface area contributed by atoms with E-state index in [0.29, 0.717) is 11.3 Å². The van der Waals surface area contributed by atoms with E-state index in [0.717, 1.165) is 17.2 Å². The van der Waals surface area contributed by atoms with E-state index < -0.39 is 29.3 Å². The number of ether oxygens (including phenoxy) is 2. The molecular weight excluding hydrogens is 510 g/mol. The van der Waals surface area contributed by atoms with Crippen LogP contribution < -0.4 is 15.5 Å². The zero-order valence-corrected chi connectivity index (χ0v) is 21.3. The van der Waals surface area contributed by atoms with E-state index in [9.17, 15) is 19.5 Å². The Morgan fingerprint density at radius 2 is 1.45 bits per heavy atom. The highest BCUT2D eigenvalue weighted by Gasteiger charge is 2.25. The Bertz CT molecular complexity index is 1680. The molecule has 5 aromatic rings. The highest BCUT2D eigenvalue weighted by molar-refractivity contribution is 5.88. The minimum atomic E-state index is -1.11. The molecule has 1 atom stereocenters. The number of amides is 1. The van der Waals surface area contributed by atoms with Crippen molar-refractivity contribution in [3.8, 4) is 22.8 Å². The van der Waals surface area contributed by atoms with Crippen molar-refractivity contribution in [1.82, 2.24) is 5.32 Å². The monoisotopic (exact) mass is 535 g/mol. The molecule has 0 fully saturated rings. The fourth-order valence-electron chi connectivity index (χ4n) is 4.18. The molecule has 0 saturated heterocycles. The van der Waals surface area contributed by atoms with Crippen LogP contribution in [0.25, 0.3) is 22.3 Å². The molecule has 1 heterocycles. The molecule has 0 bridgehead atoms. The van der Waals surface area contributed by atoms with Crippen LogP contribution >= 0.6 is 0 Å². The summed E-state index contributed by atoms with van der Waals surface area (Å²) in [5.74, 6) is -0.948. The number of carbonyl (C=O) groups is 2. The predicted octanol–water partition coefficient (Wildman–Crippen LogP) is 5.61. The number of phenols is 1. The molecular formula is C32H25NO7. The maximum absolute atomic E-state index is 13.3. The normalized spacial score (nSPS) is 11.5. The molecule has 2 N–H and O–H groups in total. The SMILES string of the molecule is O=C(N[C@@H](Cc1ccccc1)C(=O)Oc1cc(O)c2c(=O)cc(-c3ccccc3)oc2c1)OCc1ccccc1. The zero-order valence-electron chi connectivity index (χ0n) is 21.3. The lowest BCUT2D eigenvalue weighted by molar-refractivity contribution is -0.136. The number of benzene rings is 4. The Kier molecular flexibility index (Phi) is 7.87. The first-order chi connectivity index (χ1) is 19.5. The van der Waals surface area contributed by atoms with Gasteiger partial charge in [0.25, 0.3) is 0 Å². The first-order valence-corrected chi connectivity index (χ1v) is 12.6. The lowest BCUT2D eigenvalue weighted by atomic mass is 10.1. The predicted molar refractivity (Wildman–Crippen MR) is 149 cm³/mol. The standard InChI is InChI=1S/C32H25NO7/c34-26-17-24(18-29-30(26)27(35)19-28(40-29)23-14-8-3-9-15-23)39-31(36)25(16-21-10-4-1-5-11-21)33-32(37)38-20-22-12-6-2-7-13-22/h1-15,17-19,25,34H,16,20H2,(H,33,37)/t25-/m0/s1. The third-order valence-corrected chi connectivity index (χ3v) is 6.13. The first kappa shape index (κ1) is 26.2. The summed E-state index contributed by atoms with van der Waals surface area (Å²) in [6.45, 7) is 0.0289. The summed E-state index contributed by atoms with van der Waals surface area (Å²) in [5, 5.41) is 13.1. The Morgan fingerprint density at radius 3 is 2.12 bits per heavy atom. The maximum atomic E-state index is 13.3. The fourth-order valence-corrected chi connectivity index (χ4v) is 4.18. The summed E-state index contributed by atoms with van der Waals surface area (Å²) in [5.41, 5.74) is 1.85. The molecule has 0 aliphatic rings. The van der Waals surface area contributed by atoms with Crippen LogP contribution in [0.4, 0.5) is 4.79 Å². The Morgan fingerprint density at radius 1 is 0.825 bits per heavy atom. The molecule has 8 nitrogen and oxygen atoms in total. The second-order valence-corrected chi connectivity index (χ2v) is 9.03. The van der Waals surface area contributed by atoms with E-state index in [4.69, 9.17) is 13.9 Å². The molecule has 0 aliphatic carbocycles. The number of phenolic OH excluding ortho intramolecular Hbond substituents is 1. The van der Waals surface area contributed by atoms with Gasteiger partial charge in [-0.05, 0) is 11.1 Å². The average molecular weight is 536 g/mol. The van der Waals surface area contributed by atoms with Gasteiger partial charge in [-0.25, -0.2) is 9.59 Å². The number of alkyl carbamates (subject to hydrolysis) is 1. The Labute approximate surface area is 229 Å². The number of aromatic hydroxyl groups is 1. The summed E-state index contributed by atoms with van der Waals surface area (Å²) in [6, 6.07) is 30.0. The van der Waals surface area contributed by atoms with Crippen LogP contribution in [0.3, 0.4) is 0 Å². The third kappa shape index (κ3) is 6.36. The molecule has 4 aromatic carbocycles. The summed E-state index contributed by atoms with van der Waals surface area (Å²) in [7, 11) is 0. The van der Waals surface area contributed by atoms with Gasteiger partial charge in [-0.1, -0.05) is 91.0 Å². The van der Waals surface area contributed by atoms with Gasteiger partial charge in [-0.15, -0.1) is 0 Å². The molecule has 8 heteroatoms. The van der Waals surface area contributed by atoms with Crippen molar-refractivity contribution in [3.63, 3.8) is 0 Å². The quantitative estimate of drug-likeness (QED) is 0.196. The fraction of sp³-hybridized carbons (Fsp3) is 0.0938. The zero-order chi connectivity index (χ0) is 27.9. The van der Waals surface area contributed by atoms with Gasteiger partial charge in [-0.2, -0.15) is 0 Å². The number of hydrogen-bond acceptors (Lipinski definition) is 7. The number of nitrogens with one attached hydrogen (secondary N) is 1. The number of esters is 1. The van der Waals surface area contributed by atoms with Crippen molar-refractivity contribution >= 4 is 23.0 Å². The second-order valence-electron chi connectivity index (χ2n) is 9.03. The van der Waals surface area contributed by atoms with Crippen molar-refractivity contribution in [2.24, 2.45) is 0 Å². The van der Waals surface area contributed by atoms with Crippen molar-refractivity contribution < 1.29 is 28.6 Å². The van der Waals surface area contributed by atoms with E-state index in [2.05, 4.69) is 5.32 Å². The van der Waals surface area contributed by atoms with Gasteiger partial charge in [0.15, 0.2) is 5.43 Å². The second kappa shape index (κ2) is 12.0. The first-order valence-electron chi connectivity index (χ1n) is 12.6. The third-order valence-electron chi connectivity index (χ3n) is 6.13. The molecule has 40 heavy (non-hydrogen) atoms. The molecule has 0 spiro atoms.